The normalized spacial score (nSPS) is 11.2. The lowest BCUT2D eigenvalue weighted by Crippen LogP contribution is -2.01. The summed E-state index contributed by atoms with van der Waals surface area (Å²) in [5.41, 5.74) is 14.1. The summed E-state index contributed by atoms with van der Waals surface area (Å²) in [5.74, 6) is 2.51. The molecular weight excluding hydrogens is 697 g/mol. The van der Waals surface area contributed by atoms with Gasteiger partial charge in [0.05, 0.1) is 0 Å². The number of para-hydroxylation sites is 1. The Kier molecular flexibility index (Phi) is 8.78. The summed E-state index contributed by atoms with van der Waals surface area (Å²) in [4.78, 5) is 19.9. The van der Waals surface area contributed by atoms with Crippen LogP contribution in [0, 0.1) is 0 Å². The van der Waals surface area contributed by atoms with E-state index >= 15 is 0 Å². The molecule has 2 aromatic heterocycles. The Morgan fingerprint density at radius 1 is 0.263 bits per heavy atom. The van der Waals surface area contributed by atoms with Crippen molar-refractivity contribution in [3.63, 3.8) is 0 Å². The number of aromatic nitrogens is 4. The van der Waals surface area contributed by atoms with E-state index in [1.165, 1.54) is 0 Å². The molecule has 5 nitrogen and oxygen atoms in total. The van der Waals surface area contributed by atoms with Crippen LogP contribution >= 0.6 is 0 Å². The van der Waals surface area contributed by atoms with Gasteiger partial charge in [-0.3, -0.25) is 0 Å². The zero-order valence-corrected chi connectivity index (χ0v) is 30.8. The lowest BCUT2D eigenvalue weighted by atomic mass is 9.95. The Bertz CT molecular complexity index is 3000. The maximum absolute atomic E-state index is 6.36. The van der Waals surface area contributed by atoms with Crippen LogP contribution in [-0.2, 0) is 0 Å². The molecule has 0 aliphatic carbocycles. The van der Waals surface area contributed by atoms with Crippen LogP contribution in [0.1, 0.15) is 0 Å². The highest BCUT2D eigenvalue weighted by molar-refractivity contribution is 5.93. The smallest absolute Gasteiger partial charge is 0.227 e. The molecule has 0 aliphatic rings. The molecular formula is C52H34N4O. The Balaban J connectivity index is 0.979. The van der Waals surface area contributed by atoms with Gasteiger partial charge in [-0.05, 0) is 69.3 Å². The van der Waals surface area contributed by atoms with E-state index in [1.54, 1.807) is 0 Å². The van der Waals surface area contributed by atoms with E-state index in [4.69, 9.17) is 24.4 Å². The second kappa shape index (κ2) is 14.8. The van der Waals surface area contributed by atoms with Crippen LogP contribution in [0.5, 0.6) is 0 Å². The van der Waals surface area contributed by atoms with Crippen molar-refractivity contribution in [3.05, 3.63) is 206 Å². The quantitative estimate of drug-likeness (QED) is 0.156. The van der Waals surface area contributed by atoms with Crippen molar-refractivity contribution in [3.8, 4) is 90.1 Å². The molecule has 0 N–H and O–H groups in total. The molecule has 8 aromatic carbocycles. The van der Waals surface area contributed by atoms with Gasteiger partial charge in [-0.2, -0.15) is 0 Å². The number of benzene rings is 8. The number of rotatable bonds is 8. The molecule has 0 radical (unpaired) electrons. The summed E-state index contributed by atoms with van der Waals surface area (Å²) in [5, 5.41) is 0. The first kappa shape index (κ1) is 33.8. The molecule has 0 bridgehead atoms. The van der Waals surface area contributed by atoms with Crippen LogP contribution in [0.15, 0.2) is 211 Å². The van der Waals surface area contributed by atoms with Gasteiger partial charge in [0.1, 0.15) is 5.52 Å². The third-order valence-electron chi connectivity index (χ3n) is 10.2. The molecule has 268 valence electrons. The molecule has 0 unspecified atom stereocenters. The third-order valence-corrected chi connectivity index (χ3v) is 10.2. The maximum atomic E-state index is 6.36. The summed E-state index contributed by atoms with van der Waals surface area (Å²) < 4.78 is 6.36. The number of nitrogens with zero attached hydrogens (tertiary/aromatic N) is 4. The zero-order valence-electron chi connectivity index (χ0n) is 30.8. The van der Waals surface area contributed by atoms with Gasteiger partial charge in [0, 0.05) is 27.8 Å². The molecule has 10 aromatic rings. The molecule has 57 heavy (non-hydrogen) atoms. The van der Waals surface area contributed by atoms with Crippen LogP contribution in [0.2, 0.25) is 0 Å². The standard InChI is InChI=1S/C52H34N4O/c1-4-15-36(16-5-1)44-25-10-11-26-46(44)51-55-49(37-17-6-2-7-18-37)54-50(56-51)38-31-29-35(30-32-38)40-21-12-22-41(33-40)42-23-13-24-43(34-42)45-27-14-28-47-48(45)57-52(53-47)39-19-8-3-9-20-39/h1-34H. The van der Waals surface area contributed by atoms with Crippen LogP contribution < -0.4 is 0 Å². The second-order valence-electron chi connectivity index (χ2n) is 13.9. The predicted octanol–water partition coefficient (Wildman–Crippen LogP) is 13.3. The maximum Gasteiger partial charge on any atom is 0.227 e. The lowest BCUT2D eigenvalue weighted by Gasteiger charge is -2.12. The first-order valence-electron chi connectivity index (χ1n) is 19.0. The average Bonchev–Trinajstić information content (AvgIpc) is 3.75. The van der Waals surface area contributed by atoms with E-state index in [-0.39, 0.29) is 0 Å². The first-order valence-corrected chi connectivity index (χ1v) is 19.0. The predicted molar refractivity (Wildman–Crippen MR) is 231 cm³/mol. The largest absolute Gasteiger partial charge is 0.435 e. The summed E-state index contributed by atoms with van der Waals surface area (Å²) >= 11 is 0. The fraction of sp³-hybridized carbons (Fsp3) is 0. The highest BCUT2D eigenvalue weighted by Crippen LogP contribution is 2.36. The monoisotopic (exact) mass is 730 g/mol. The molecule has 0 spiro atoms. The Morgan fingerprint density at radius 3 is 1.37 bits per heavy atom. The van der Waals surface area contributed by atoms with Gasteiger partial charge in [0.2, 0.25) is 5.89 Å². The summed E-state index contributed by atoms with van der Waals surface area (Å²) in [6.45, 7) is 0. The van der Waals surface area contributed by atoms with E-state index in [2.05, 4.69) is 121 Å². The van der Waals surface area contributed by atoms with Crippen molar-refractivity contribution in [1.82, 2.24) is 19.9 Å². The minimum Gasteiger partial charge on any atom is -0.435 e. The molecule has 0 atom stereocenters. The van der Waals surface area contributed by atoms with E-state index in [9.17, 15) is 0 Å². The van der Waals surface area contributed by atoms with E-state index in [0.717, 1.165) is 77.9 Å². The van der Waals surface area contributed by atoms with Crippen LogP contribution in [0.4, 0.5) is 0 Å². The van der Waals surface area contributed by atoms with Crippen molar-refractivity contribution in [2.45, 2.75) is 0 Å². The fourth-order valence-corrected chi connectivity index (χ4v) is 7.33. The van der Waals surface area contributed by atoms with Crippen LogP contribution in [0.3, 0.4) is 0 Å². The Hall–Kier alpha value is -7.76. The number of hydrogen-bond acceptors (Lipinski definition) is 5. The van der Waals surface area contributed by atoms with E-state index in [0.29, 0.717) is 23.4 Å². The van der Waals surface area contributed by atoms with Crippen molar-refractivity contribution in [2.75, 3.05) is 0 Å². The van der Waals surface area contributed by atoms with Crippen LogP contribution in [-0.4, -0.2) is 19.9 Å². The van der Waals surface area contributed by atoms with Crippen molar-refractivity contribution in [1.29, 1.82) is 0 Å². The first-order chi connectivity index (χ1) is 28.2. The van der Waals surface area contributed by atoms with Gasteiger partial charge in [0.15, 0.2) is 23.1 Å². The number of hydrogen-bond donors (Lipinski definition) is 0. The number of oxazole rings is 1. The number of fused-ring (bicyclic) bond motifs is 1. The summed E-state index contributed by atoms with van der Waals surface area (Å²) in [7, 11) is 0. The SMILES string of the molecule is c1ccc(-c2nc(-c3ccc(-c4cccc(-c5cccc(-c6cccc7nc(-c8ccccc8)oc67)c5)c4)cc3)nc(-c3ccccc3-c3ccccc3)n2)cc1. The van der Waals surface area contributed by atoms with E-state index < -0.39 is 0 Å². The van der Waals surface area contributed by atoms with Gasteiger partial charge in [-0.25, -0.2) is 19.9 Å². The van der Waals surface area contributed by atoms with Gasteiger partial charge in [-0.15, -0.1) is 0 Å². The van der Waals surface area contributed by atoms with Crippen molar-refractivity contribution < 1.29 is 4.42 Å². The third kappa shape index (κ3) is 6.79. The minimum absolute atomic E-state index is 0.619. The summed E-state index contributed by atoms with van der Waals surface area (Å²) in [6.07, 6.45) is 0. The zero-order chi connectivity index (χ0) is 38.0. The average molecular weight is 731 g/mol. The molecule has 0 saturated heterocycles. The van der Waals surface area contributed by atoms with Gasteiger partial charge >= 0.3 is 0 Å². The second-order valence-corrected chi connectivity index (χ2v) is 13.9. The van der Waals surface area contributed by atoms with Gasteiger partial charge in [0.25, 0.3) is 0 Å². The van der Waals surface area contributed by atoms with Gasteiger partial charge in [-0.1, -0.05) is 176 Å². The highest BCUT2D eigenvalue weighted by Gasteiger charge is 2.17. The molecule has 0 amide bonds. The van der Waals surface area contributed by atoms with Crippen LogP contribution in [0.25, 0.3) is 101 Å². The highest BCUT2D eigenvalue weighted by atomic mass is 16.3. The molecule has 0 fully saturated rings. The molecule has 10 rings (SSSR count). The van der Waals surface area contributed by atoms with Crippen molar-refractivity contribution >= 4 is 11.1 Å². The molecule has 5 heteroatoms. The van der Waals surface area contributed by atoms with Gasteiger partial charge < -0.3 is 4.42 Å². The Morgan fingerprint density at radius 2 is 0.702 bits per heavy atom. The lowest BCUT2D eigenvalue weighted by molar-refractivity contribution is 0.621. The fourth-order valence-electron chi connectivity index (χ4n) is 7.33. The summed E-state index contributed by atoms with van der Waals surface area (Å²) in [6, 6.07) is 70.6. The minimum atomic E-state index is 0.619. The van der Waals surface area contributed by atoms with E-state index in [1.807, 2.05) is 84.9 Å². The topological polar surface area (TPSA) is 64.7 Å². The Labute approximate surface area is 330 Å². The molecule has 0 saturated carbocycles. The molecule has 0 aliphatic heterocycles. The molecule has 2 heterocycles. The van der Waals surface area contributed by atoms with Crippen molar-refractivity contribution in [2.24, 2.45) is 0 Å².